The highest BCUT2D eigenvalue weighted by molar-refractivity contribution is 7.97. The molecule has 2 aromatic carbocycles. The van der Waals surface area contributed by atoms with Crippen LogP contribution in [0.25, 0.3) is 11.0 Å². The molecule has 1 atom stereocenters. The van der Waals surface area contributed by atoms with Crippen molar-refractivity contribution in [1.82, 2.24) is 4.31 Å². The van der Waals surface area contributed by atoms with Crippen molar-refractivity contribution in [3.8, 4) is 0 Å². The fraction of sp³-hybridized carbons (Fsp3) is 0.150. The van der Waals surface area contributed by atoms with E-state index in [-0.39, 0.29) is 16.9 Å². The maximum Gasteiger partial charge on any atom is 0.250 e. The van der Waals surface area contributed by atoms with Crippen LogP contribution in [-0.4, -0.2) is 28.6 Å². The summed E-state index contributed by atoms with van der Waals surface area (Å²) in [4.78, 5) is 39.2. The number of nitrogens with zero attached hydrogens (tertiary/aromatic N) is 1. The molecule has 0 spiro atoms. The smallest absolute Gasteiger partial charge is 0.250 e. The van der Waals surface area contributed by atoms with Gasteiger partial charge in [-0.2, -0.15) is 0 Å². The fourth-order valence-corrected chi connectivity index (χ4v) is 4.15. The van der Waals surface area contributed by atoms with Gasteiger partial charge in [-0.3, -0.25) is 14.4 Å². The summed E-state index contributed by atoms with van der Waals surface area (Å²) in [5.41, 5.74) is 0.628. The quantitative estimate of drug-likeness (QED) is 0.555. The van der Waals surface area contributed by atoms with Crippen LogP contribution in [0.1, 0.15) is 17.3 Å². The summed E-state index contributed by atoms with van der Waals surface area (Å²) in [5.74, 6) is -0.833. The second kappa shape index (κ2) is 7.02. The maximum atomic E-state index is 12.9. The lowest BCUT2D eigenvalue weighted by Gasteiger charge is -2.32. The summed E-state index contributed by atoms with van der Waals surface area (Å²) >= 11 is 1.36. The maximum absolute atomic E-state index is 12.9. The Kier molecular flexibility index (Phi) is 4.55. The van der Waals surface area contributed by atoms with Crippen molar-refractivity contribution >= 4 is 40.3 Å². The molecule has 1 amide bonds. The highest BCUT2D eigenvalue weighted by atomic mass is 32.2. The van der Waals surface area contributed by atoms with Gasteiger partial charge in [-0.15, -0.1) is 0 Å². The third kappa shape index (κ3) is 3.05. The number of likely N-dealkylation sites (N-methyl/N-ethyl adjacent to an activating group) is 1. The van der Waals surface area contributed by atoms with E-state index >= 15 is 0 Å². The van der Waals surface area contributed by atoms with Crippen molar-refractivity contribution in [2.24, 2.45) is 0 Å². The Bertz CT molecular complexity index is 1110. The molecule has 0 saturated carbocycles. The molecule has 2 heterocycles. The van der Waals surface area contributed by atoms with Gasteiger partial charge in [-0.1, -0.05) is 37.3 Å². The fourth-order valence-electron chi connectivity index (χ4n) is 3.07. The molecule has 0 aliphatic carbocycles. The van der Waals surface area contributed by atoms with E-state index in [9.17, 15) is 14.4 Å². The molecule has 136 valence electrons. The molecule has 0 bridgehead atoms. The van der Waals surface area contributed by atoms with Gasteiger partial charge in [0.05, 0.1) is 5.39 Å². The van der Waals surface area contributed by atoms with Crippen LogP contribution in [0.4, 0.5) is 5.69 Å². The van der Waals surface area contributed by atoms with Crippen molar-refractivity contribution in [3.63, 3.8) is 0 Å². The first-order valence-electron chi connectivity index (χ1n) is 8.49. The molecule has 0 saturated heterocycles. The number of carbonyl (C=O) groups excluding carboxylic acids is 2. The molecule has 0 fully saturated rings. The Morgan fingerprint density at radius 1 is 1.15 bits per heavy atom. The minimum atomic E-state index is -1.01. The molecule has 7 heteroatoms. The summed E-state index contributed by atoms with van der Waals surface area (Å²) in [6.07, 6.45) is 1.22. The van der Waals surface area contributed by atoms with Crippen LogP contribution in [0.15, 0.2) is 68.9 Å². The van der Waals surface area contributed by atoms with Gasteiger partial charge in [0.25, 0.3) is 5.91 Å². The van der Waals surface area contributed by atoms with E-state index in [0.717, 1.165) is 4.90 Å². The third-order valence-corrected chi connectivity index (χ3v) is 5.66. The first-order valence-corrected chi connectivity index (χ1v) is 9.26. The van der Waals surface area contributed by atoms with Crippen molar-refractivity contribution < 1.29 is 14.0 Å². The molecule has 3 aromatic rings. The number of ketones is 1. The molecular weight excluding hydrogens is 364 g/mol. The standard InChI is InChI=1S/C20H16N2O4S/c1-2-22-17(19(24)13-8-4-6-10-16(13)27-22)20(25)21-14-11-26-15-9-5-3-7-12(15)18(14)23/h3-11,17H,2H2,1H3,(H,21,25). The topological polar surface area (TPSA) is 79.6 Å². The van der Waals surface area contributed by atoms with E-state index in [2.05, 4.69) is 5.32 Å². The lowest BCUT2D eigenvalue weighted by Crippen LogP contribution is -2.48. The zero-order valence-corrected chi connectivity index (χ0v) is 15.3. The Balaban J connectivity index is 1.67. The van der Waals surface area contributed by atoms with E-state index in [1.54, 1.807) is 40.7 Å². The van der Waals surface area contributed by atoms with E-state index in [1.807, 2.05) is 19.1 Å². The van der Waals surface area contributed by atoms with Crippen LogP contribution in [0.3, 0.4) is 0 Å². The van der Waals surface area contributed by atoms with Crippen LogP contribution in [-0.2, 0) is 4.79 Å². The summed E-state index contributed by atoms with van der Waals surface area (Å²) < 4.78 is 7.14. The lowest BCUT2D eigenvalue weighted by molar-refractivity contribution is -0.118. The first kappa shape index (κ1) is 17.5. The van der Waals surface area contributed by atoms with Crippen LogP contribution in [0.5, 0.6) is 0 Å². The molecule has 6 nitrogen and oxygen atoms in total. The molecular formula is C20H16N2O4S. The number of hydrogen-bond acceptors (Lipinski definition) is 6. The molecule has 1 aliphatic rings. The van der Waals surface area contributed by atoms with E-state index in [0.29, 0.717) is 23.1 Å². The molecule has 1 unspecified atom stereocenters. The van der Waals surface area contributed by atoms with Crippen molar-refractivity contribution in [1.29, 1.82) is 0 Å². The average molecular weight is 380 g/mol. The van der Waals surface area contributed by atoms with Crippen LogP contribution < -0.4 is 10.7 Å². The minimum Gasteiger partial charge on any atom is -0.462 e. The Hall–Kier alpha value is -2.90. The van der Waals surface area contributed by atoms with Gasteiger partial charge in [-0.05, 0) is 30.1 Å². The van der Waals surface area contributed by atoms with Crippen molar-refractivity contribution in [2.45, 2.75) is 17.9 Å². The average Bonchev–Trinajstić information content (AvgIpc) is 2.70. The van der Waals surface area contributed by atoms with E-state index in [1.165, 1.54) is 18.2 Å². The number of rotatable bonds is 3. The lowest BCUT2D eigenvalue weighted by atomic mass is 10.0. The Morgan fingerprint density at radius 2 is 1.89 bits per heavy atom. The Labute approximate surface area is 159 Å². The van der Waals surface area contributed by atoms with Gasteiger partial charge >= 0.3 is 0 Å². The summed E-state index contributed by atoms with van der Waals surface area (Å²) in [6, 6.07) is 13.0. The van der Waals surface area contributed by atoms with Gasteiger partial charge in [0, 0.05) is 17.0 Å². The van der Waals surface area contributed by atoms with E-state index < -0.39 is 11.9 Å². The zero-order chi connectivity index (χ0) is 19.0. The number of fused-ring (bicyclic) bond motifs is 2. The minimum absolute atomic E-state index is 0.0198. The van der Waals surface area contributed by atoms with Crippen molar-refractivity contribution in [3.05, 3.63) is 70.6 Å². The van der Waals surface area contributed by atoms with Crippen LogP contribution >= 0.6 is 11.9 Å². The highest BCUT2D eigenvalue weighted by Crippen LogP contribution is 2.35. The normalized spacial score (nSPS) is 16.9. The number of Topliss-reactive ketones (excluding diaryl/α,β-unsaturated/α-hetero) is 1. The van der Waals surface area contributed by atoms with Gasteiger partial charge in [-0.25, -0.2) is 4.31 Å². The first-order chi connectivity index (χ1) is 13.1. The van der Waals surface area contributed by atoms with Gasteiger partial charge in [0.1, 0.15) is 17.5 Å². The monoisotopic (exact) mass is 380 g/mol. The van der Waals surface area contributed by atoms with Crippen LogP contribution in [0, 0.1) is 0 Å². The molecule has 1 N–H and O–H groups in total. The number of benzene rings is 2. The molecule has 0 radical (unpaired) electrons. The molecule has 4 rings (SSSR count). The predicted octanol–water partition coefficient (Wildman–Crippen LogP) is 3.33. The number of nitrogens with one attached hydrogen (secondary N) is 1. The number of carbonyl (C=O) groups is 2. The largest absolute Gasteiger partial charge is 0.462 e. The number of amides is 1. The molecule has 27 heavy (non-hydrogen) atoms. The molecule has 1 aromatic heterocycles. The Morgan fingerprint density at radius 3 is 2.70 bits per heavy atom. The van der Waals surface area contributed by atoms with Crippen LogP contribution in [0.2, 0.25) is 0 Å². The van der Waals surface area contributed by atoms with Gasteiger partial charge < -0.3 is 9.73 Å². The number of para-hydroxylation sites is 1. The SMILES string of the molecule is CCN1Sc2ccccc2C(=O)C1C(=O)Nc1coc2ccccc2c1=O. The highest BCUT2D eigenvalue weighted by Gasteiger charge is 2.39. The van der Waals surface area contributed by atoms with E-state index in [4.69, 9.17) is 4.42 Å². The summed E-state index contributed by atoms with van der Waals surface area (Å²) in [6.45, 7) is 2.37. The van der Waals surface area contributed by atoms with Crippen molar-refractivity contribution in [2.75, 3.05) is 11.9 Å². The van der Waals surface area contributed by atoms with Gasteiger partial charge in [0.15, 0.2) is 11.8 Å². The zero-order valence-electron chi connectivity index (χ0n) is 14.5. The summed E-state index contributed by atoms with van der Waals surface area (Å²) in [7, 11) is 0. The summed E-state index contributed by atoms with van der Waals surface area (Å²) in [5, 5.41) is 2.95. The number of hydrogen-bond donors (Lipinski definition) is 1. The number of anilines is 1. The third-order valence-electron chi connectivity index (χ3n) is 4.40. The predicted molar refractivity (Wildman–Crippen MR) is 104 cm³/mol. The second-order valence-corrected chi connectivity index (χ2v) is 7.14. The van der Waals surface area contributed by atoms with Gasteiger partial charge in [0.2, 0.25) is 5.43 Å². The second-order valence-electron chi connectivity index (χ2n) is 6.05. The molecule has 1 aliphatic heterocycles.